The molecule has 1 atom stereocenters. The quantitative estimate of drug-likeness (QED) is 0.374. The number of hydrogen-bond donors (Lipinski definition) is 4. The predicted octanol–water partition coefficient (Wildman–Crippen LogP) is 1.05. The first-order valence-corrected chi connectivity index (χ1v) is 6.75. The monoisotopic (exact) mass is 302 g/mol. The molecule has 1 aromatic carbocycles. The van der Waals surface area contributed by atoms with Crippen LogP contribution in [0.4, 0.5) is 0 Å². The number of hydrogen-bond acceptors (Lipinski definition) is 4. The van der Waals surface area contributed by atoms with Gasteiger partial charge in [-0.15, -0.1) is 0 Å². The van der Waals surface area contributed by atoms with Crippen LogP contribution in [0.25, 0.3) is 6.08 Å². The number of carboxylic acids is 2. The summed E-state index contributed by atoms with van der Waals surface area (Å²) >= 11 is 0. The van der Waals surface area contributed by atoms with Gasteiger partial charge < -0.3 is 21.7 Å². The maximum Gasteiger partial charge on any atom is 0.325 e. The van der Waals surface area contributed by atoms with Crippen LogP contribution in [-0.2, 0) is 9.59 Å². The minimum absolute atomic E-state index is 0.384. The van der Waals surface area contributed by atoms with Crippen molar-refractivity contribution in [2.45, 2.75) is 12.1 Å². The zero-order valence-corrected chi connectivity index (χ0v) is 11.8. The molecule has 1 aliphatic carbocycles. The Hall–Kier alpha value is -2.44. The molecule has 1 aliphatic rings. The molecule has 6 heteroatoms. The maximum absolute atomic E-state index is 11.3. The average Bonchev–Trinajstić information content (AvgIpc) is 2.45. The molecule has 6 N–H and O–H groups in total. The van der Waals surface area contributed by atoms with Gasteiger partial charge in [-0.05, 0) is 5.56 Å². The fraction of sp³-hybridized carbons (Fsp3) is 0.250. The zero-order valence-electron chi connectivity index (χ0n) is 11.8. The largest absolute Gasteiger partial charge is 0.480 e. The lowest BCUT2D eigenvalue weighted by molar-refractivity contribution is -0.162. The summed E-state index contributed by atoms with van der Waals surface area (Å²) in [6, 6.07) is 9.46. The van der Waals surface area contributed by atoms with Crippen molar-refractivity contribution in [3.63, 3.8) is 0 Å². The van der Waals surface area contributed by atoms with Gasteiger partial charge in [0.1, 0.15) is 0 Å². The Morgan fingerprint density at radius 3 is 2.23 bits per heavy atom. The number of aliphatic carboxylic acids is 2. The molecule has 0 bridgehead atoms. The maximum atomic E-state index is 11.3. The average molecular weight is 302 g/mol. The van der Waals surface area contributed by atoms with Crippen LogP contribution >= 0.6 is 0 Å². The van der Waals surface area contributed by atoms with Gasteiger partial charge in [0.25, 0.3) is 0 Å². The van der Waals surface area contributed by atoms with Gasteiger partial charge in [0.15, 0.2) is 5.41 Å². The smallest absolute Gasteiger partial charge is 0.325 e. The van der Waals surface area contributed by atoms with Crippen LogP contribution in [0.3, 0.4) is 0 Å². The van der Waals surface area contributed by atoms with Crippen LogP contribution in [0.1, 0.15) is 12.0 Å². The second kappa shape index (κ2) is 5.75. The van der Waals surface area contributed by atoms with E-state index in [0.717, 1.165) is 11.6 Å². The highest BCUT2D eigenvalue weighted by atomic mass is 16.4. The van der Waals surface area contributed by atoms with Crippen LogP contribution in [0.2, 0.25) is 0 Å². The molecule has 0 radical (unpaired) electrons. The Bertz CT molecular complexity index is 621. The summed E-state index contributed by atoms with van der Waals surface area (Å²) in [6.45, 7) is 0. The van der Waals surface area contributed by atoms with Crippen LogP contribution in [-0.4, -0.2) is 27.8 Å². The minimum atomic E-state index is -2.08. The Morgan fingerprint density at radius 2 is 1.73 bits per heavy atom. The summed E-state index contributed by atoms with van der Waals surface area (Å²) in [5, 5.41) is 18.4. The molecule has 0 aliphatic heterocycles. The molecule has 0 aromatic heterocycles. The molecule has 0 spiro atoms. The van der Waals surface area contributed by atoms with Gasteiger partial charge in [0.2, 0.25) is 0 Å². The highest BCUT2D eigenvalue weighted by Gasteiger charge is 2.52. The lowest BCUT2D eigenvalue weighted by Crippen LogP contribution is -2.61. The van der Waals surface area contributed by atoms with Crippen LogP contribution in [0, 0.1) is 11.3 Å². The summed E-state index contributed by atoms with van der Waals surface area (Å²) in [6.07, 6.45) is 5.79. The van der Waals surface area contributed by atoms with E-state index in [2.05, 4.69) is 0 Å². The molecule has 116 valence electrons. The SMILES string of the molecule is NC1(N)CC(C(=O)O)(C(=O)O)C=CC1C=Cc1ccccc1. The van der Waals surface area contributed by atoms with E-state index in [1.807, 2.05) is 36.4 Å². The molecular formula is C16H18N2O4. The first kappa shape index (κ1) is 15.9. The Labute approximate surface area is 127 Å². The third kappa shape index (κ3) is 2.93. The number of benzene rings is 1. The van der Waals surface area contributed by atoms with Crippen molar-refractivity contribution in [2.75, 3.05) is 0 Å². The molecule has 2 rings (SSSR count). The number of nitrogens with two attached hydrogens (primary N) is 2. The van der Waals surface area contributed by atoms with Crippen molar-refractivity contribution in [2.24, 2.45) is 22.8 Å². The van der Waals surface area contributed by atoms with Crippen molar-refractivity contribution in [1.82, 2.24) is 0 Å². The molecule has 1 unspecified atom stereocenters. The normalized spacial score (nSPS) is 22.5. The third-order valence-electron chi connectivity index (χ3n) is 3.85. The number of rotatable bonds is 4. The van der Waals surface area contributed by atoms with E-state index in [0.29, 0.717) is 0 Å². The number of carbonyl (C=O) groups is 2. The highest BCUT2D eigenvalue weighted by molar-refractivity contribution is 6.01. The molecule has 0 fully saturated rings. The van der Waals surface area contributed by atoms with Crippen molar-refractivity contribution in [1.29, 1.82) is 0 Å². The second-order valence-corrected chi connectivity index (χ2v) is 5.53. The summed E-state index contributed by atoms with van der Waals surface area (Å²) in [5.74, 6) is -3.40. The van der Waals surface area contributed by atoms with Gasteiger partial charge in [0, 0.05) is 12.3 Å². The fourth-order valence-electron chi connectivity index (χ4n) is 2.51. The van der Waals surface area contributed by atoms with Crippen LogP contribution in [0.15, 0.2) is 48.6 Å². The predicted molar refractivity (Wildman–Crippen MR) is 81.5 cm³/mol. The summed E-state index contributed by atoms with van der Waals surface area (Å²) in [4.78, 5) is 22.7. The molecule has 0 amide bonds. The summed E-state index contributed by atoms with van der Waals surface area (Å²) in [7, 11) is 0. The van der Waals surface area contributed by atoms with Crippen LogP contribution in [0.5, 0.6) is 0 Å². The van der Waals surface area contributed by atoms with Gasteiger partial charge >= 0.3 is 11.9 Å². The molecular weight excluding hydrogens is 284 g/mol. The summed E-state index contributed by atoms with van der Waals surface area (Å²) in [5.41, 5.74) is 9.37. The van der Waals surface area contributed by atoms with Gasteiger partial charge in [0.05, 0.1) is 5.66 Å². The van der Waals surface area contributed by atoms with E-state index < -0.39 is 28.9 Å². The van der Waals surface area contributed by atoms with E-state index >= 15 is 0 Å². The highest BCUT2D eigenvalue weighted by Crippen LogP contribution is 2.37. The van der Waals surface area contributed by atoms with E-state index in [-0.39, 0.29) is 6.42 Å². The number of carboxylic acid groups (broad SMARTS) is 2. The standard InChI is InChI=1S/C16H18N2O4/c17-16(18)10-15(13(19)20,14(21)22)9-8-12(16)7-6-11-4-2-1-3-5-11/h1-9,12H,10,17-18H2,(H,19,20)(H,21,22). The molecule has 1 aromatic rings. The van der Waals surface area contributed by atoms with E-state index in [9.17, 15) is 19.8 Å². The zero-order chi connectivity index (χ0) is 16.4. The van der Waals surface area contributed by atoms with Crippen molar-refractivity contribution < 1.29 is 19.8 Å². The minimum Gasteiger partial charge on any atom is -0.480 e. The van der Waals surface area contributed by atoms with Gasteiger partial charge in [-0.3, -0.25) is 9.59 Å². The third-order valence-corrected chi connectivity index (χ3v) is 3.85. The topological polar surface area (TPSA) is 127 Å². The fourth-order valence-corrected chi connectivity index (χ4v) is 2.51. The van der Waals surface area contributed by atoms with Gasteiger partial charge in [-0.25, -0.2) is 0 Å². The lowest BCUT2D eigenvalue weighted by Gasteiger charge is -2.39. The van der Waals surface area contributed by atoms with E-state index in [1.54, 1.807) is 6.08 Å². The lowest BCUT2D eigenvalue weighted by atomic mass is 9.70. The van der Waals surface area contributed by atoms with E-state index in [1.165, 1.54) is 6.08 Å². The van der Waals surface area contributed by atoms with Crippen molar-refractivity contribution in [3.05, 3.63) is 54.1 Å². The Morgan fingerprint density at radius 1 is 1.14 bits per heavy atom. The first-order valence-electron chi connectivity index (χ1n) is 6.75. The molecule has 0 heterocycles. The first-order chi connectivity index (χ1) is 10.3. The van der Waals surface area contributed by atoms with Gasteiger partial charge in [-0.2, -0.15) is 0 Å². The molecule has 22 heavy (non-hydrogen) atoms. The second-order valence-electron chi connectivity index (χ2n) is 5.53. The van der Waals surface area contributed by atoms with Crippen molar-refractivity contribution >= 4 is 18.0 Å². The van der Waals surface area contributed by atoms with Crippen LogP contribution < -0.4 is 11.5 Å². The molecule has 6 nitrogen and oxygen atoms in total. The Balaban J connectivity index is 2.31. The van der Waals surface area contributed by atoms with E-state index in [4.69, 9.17) is 11.5 Å². The van der Waals surface area contributed by atoms with Crippen molar-refractivity contribution in [3.8, 4) is 0 Å². The molecule has 0 saturated carbocycles. The van der Waals surface area contributed by atoms with Gasteiger partial charge in [-0.1, -0.05) is 54.6 Å². The molecule has 0 saturated heterocycles. The summed E-state index contributed by atoms with van der Waals surface area (Å²) < 4.78 is 0. The Kier molecular flexibility index (Phi) is 4.16.